The van der Waals surface area contributed by atoms with Gasteiger partial charge in [-0.15, -0.1) is 0 Å². The fourth-order valence-corrected chi connectivity index (χ4v) is 1.84. The highest BCUT2D eigenvalue weighted by molar-refractivity contribution is 8.14. The first-order valence-electron chi connectivity index (χ1n) is 3.49. The lowest BCUT2D eigenvalue weighted by molar-refractivity contribution is 0.612. The topological polar surface area (TPSA) is 47.0 Å². The Balaban J connectivity index is 2.82. The van der Waals surface area contributed by atoms with E-state index < -0.39 is 9.05 Å². The molecule has 0 atom stereocenters. The van der Waals surface area contributed by atoms with E-state index in [2.05, 4.69) is 11.6 Å². The average Bonchev–Trinajstić information content (AvgIpc) is 2.03. The van der Waals surface area contributed by atoms with Crippen LogP contribution in [0.2, 0.25) is 0 Å². The summed E-state index contributed by atoms with van der Waals surface area (Å²) in [5.74, 6) is -0.250. The molecule has 0 bridgehead atoms. The number of halogens is 1. The van der Waals surface area contributed by atoms with E-state index in [1.54, 1.807) is 24.5 Å². The lowest BCUT2D eigenvalue weighted by Crippen LogP contribution is -1.99. The minimum absolute atomic E-state index is 0.250. The number of aromatic nitrogens is 1. The van der Waals surface area contributed by atoms with Gasteiger partial charge in [0.2, 0.25) is 9.05 Å². The van der Waals surface area contributed by atoms with Crippen molar-refractivity contribution >= 4 is 25.3 Å². The van der Waals surface area contributed by atoms with Crippen molar-refractivity contribution in [2.75, 3.05) is 5.75 Å². The van der Waals surface area contributed by atoms with Gasteiger partial charge in [-0.3, -0.25) is 4.98 Å². The Morgan fingerprint density at radius 2 is 2.31 bits per heavy atom. The van der Waals surface area contributed by atoms with Crippen LogP contribution < -0.4 is 0 Å². The van der Waals surface area contributed by atoms with Crippen LogP contribution in [0.4, 0.5) is 0 Å². The van der Waals surface area contributed by atoms with Gasteiger partial charge in [0.25, 0.3) is 0 Å². The molecule has 0 spiro atoms. The van der Waals surface area contributed by atoms with E-state index in [-0.39, 0.29) is 5.75 Å². The van der Waals surface area contributed by atoms with E-state index in [0.717, 1.165) is 0 Å². The molecule has 0 aliphatic rings. The molecular formula is C8H8ClNO2S. The monoisotopic (exact) mass is 217 g/mol. The molecule has 70 valence electrons. The van der Waals surface area contributed by atoms with Gasteiger partial charge < -0.3 is 0 Å². The summed E-state index contributed by atoms with van der Waals surface area (Å²) in [6.45, 7) is 3.61. The molecule has 3 nitrogen and oxygen atoms in total. The molecule has 1 heterocycles. The molecule has 0 unspecified atom stereocenters. The first-order chi connectivity index (χ1) is 5.99. The van der Waals surface area contributed by atoms with Crippen LogP contribution in [0.3, 0.4) is 0 Å². The molecular weight excluding hydrogens is 210 g/mol. The van der Waals surface area contributed by atoms with Crippen molar-refractivity contribution in [3.8, 4) is 0 Å². The standard InChI is InChI=1S/C8H8ClNO2S/c1-7(6-13(9,11)12)8-3-2-4-10-5-8/h2-5H,1,6H2. The molecule has 13 heavy (non-hydrogen) atoms. The van der Waals surface area contributed by atoms with Gasteiger partial charge in [-0.1, -0.05) is 12.6 Å². The predicted octanol–water partition coefficient (Wildman–Crippen LogP) is 1.66. The molecule has 0 aliphatic heterocycles. The van der Waals surface area contributed by atoms with Crippen LogP contribution in [-0.2, 0) is 9.05 Å². The van der Waals surface area contributed by atoms with Crippen molar-refractivity contribution in [3.63, 3.8) is 0 Å². The molecule has 0 amide bonds. The lowest BCUT2D eigenvalue weighted by atomic mass is 10.2. The molecule has 0 aromatic carbocycles. The summed E-state index contributed by atoms with van der Waals surface area (Å²) in [6, 6.07) is 3.44. The van der Waals surface area contributed by atoms with Gasteiger partial charge in [-0.2, -0.15) is 0 Å². The van der Waals surface area contributed by atoms with Gasteiger partial charge >= 0.3 is 0 Å². The van der Waals surface area contributed by atoms with Gasteiger partial charge in [0.15, 0.2) is 0 Å². The predicted molar refractivity (Wildman–Crippen MR) is 52.9 cm³/mol. The second-order valence-corrected chi connectivity index (χ2v) is 5.31. The molecule has 0 fully saturated rings. The van der Waals surface area contributed by atoms with E-state index in [1.165, 1.54) is 0 Å². The van der Waals surface area contributed by atoms with Crippen LogP contribution in [0.5, 0.6) is 0 Å². The highest BCUT2D eigenvalue weighted by Gasteiger charge is 2.09. The Kier molecular flexibility index (Phi) is 3.06. The Bertz CT molecular complexity index is 399. The minimum atomic E-state index is -3.53. The van der Waals surface area contributed by atoms with Crippen LogP contribution >= 0.6 is 10.7 Å². The Hall–Kier alpha value is -0.870. The molecule has 0 saturated carbocycles. The molecule has 1 rings (SSSR count). The third kappa shape index (κ3) is 3.57. The van der Waals surface area contributed by atoms with Gasteiger partial charge in [0.05, 0.1) is 5.75 Å². The lowest BCUT2D eigenvalue weighted by Gasteiger charge is -2.01. The van der Waals surface area contributed by atoms with Crippen molar-refractivity contribution in [3.05, 3.63) is 36.7 Å². The van der Waals surface area contributed by atoms with Crippen molar-refractivity contribution in [2.45, 2.75) is 0 Å². The second-order valence-electron chi connectivity index (χ2n) is 2.53. The molecule has 0 radical (unpaired) electrons. The van der Waals surface area contributed by atoms with Crippen molar-refractivity contribution in [1.29, 1.82) is 0 Å². The zero-order valence-electron chi connectivity index (χ0n) is 6.77. The maximum Gasteiger partial charge on any atom is 0.236 e. The molecule has 1 aromatic rings. The fourth-order valence-electron chi connectivity index (χ4n) is 0.863. The average molecular weight is 218 g/mol. The summed E-state index contributed by atoms with van der Waals surface area (Å²) in [5.41, 5.74) is 1.13. The van der Waals surface area contributed by atoms with E-state index in [1.807, 2.05) is 0 Å². The summed E-state index contributed by atoms with van der Waals surface area (Å²) >= 11 is 0. The molecule has 0 aliphatic carbocycles. The summed E-state index contributed by atoms with van der Waals surface area (Å²) < 4.78 is 21.4. The first-order valence-corrected chi connectivity index (χ1v) is 5.97. The highest BCUT2D eigenvalue weighted by Crippen LogP contribution is 2.14. The summed E-state index contributed by atoms with van der Waals surface area (Å²) in [7, 11) is 1.54. The summed E-state index contributed by atoms with van der Waals surface area (Å²) in [5, 5.41) is 0. The van der Waals surface area contributed by atoms with Crippen LogP contribution in [0.25, 0.3) is 5.57 Å². The molecule has 1 aromatic heterocycles. The summed E-state index contributed by atoms with van der Waals surface area (Å²) in [6.07, 6.45) is 3.15. The quantitative estimate of drug-likeness (QED) is 0.724. The van der Waals surface area contributed by atoms with Crippen LogP contribution in [0.1, 0.15) is 5.56 Å². The maximum atomic E-state index is 10.7. The van der Waals surface area contributed by atoms with Crippen LogP contribution in [0.15, 0.2) is 31.1 Å². The zero-order chi connectivity index (χ0) is 9.90. The normalized spacial score (nSPS) is 11.2. The van der Waals surface area contributed by atoms with E-state index in [0.29, 0.717) is 11.1 Å². The maximum absolute atomic E-state index is 10.7. The van der Waals surface area contributed by atoms with E-state index >= 15 is 0 Å². The second kappa shape index (κ2) is 3.89. The Morgan fingerprint density at radius 1 is 1.62 bits per heavy atom. The van der Waals surface area contributed by atoms with Gasteiger partial charge in [0.1, 0.15) is 0 Å². The van der Waals surface area contributed by atoms with E-state index in [4.69, 9.17) is 10.7 Å². The largest absolute Gasteiger partial charge is 0.264 e. The molecule has 0 saturated heterocycles. The Morgan fingerprint density at radius 3 is 2.77 bits per heavy atom. The SMILES string of the molecule is C=C(CS(=O)(=O)Cl)c1cccnc1. The van der Waals surface area contributed by atoms with Gasteiger partial charge in [-0.05, 0) is 17.2 Å². The van der Waals surface area contributed by atoms with Crippen LogP contribution in [-0.4, -0.2) is 19.2 Å². The third-order valence-electron chi connectivity index (χ3n) is 1.42. The van der Waals surface area contributed by atoms with Crippen molar-refractivity contribution in [2.24, 2.45) is 0 Å². The number of nitrogens with zero attached hydrogens (tertiary/aromatic N) is 1. The third-order valence-corrected chi connectivity index (χ3v) is 2.44. The fraction of sp³-hybridized carbons (Fsp3) is 0.125. The van der Waals surface area contributed by atoms with Gasteiger partial charge in [-0.25, -0.2) is 8.42 Å². The number of pyridine rings is 1. The number of hydrogen-bond donors (Lipinski definition) is 0. The van der Waals surface area contributed by atoms with Gasteiger partial charge in [0, 0.05) is 23.1 Å². The van der Waals surface area contributed by atoms with Crippen molar-refractivity contribution in [1.82, 2.24) is 4.98 Å². The zero-order valence-corrected chi connectivity index (χ0v) is 8.35. The van der Waals surface area contributed by atoms with Crippen molar-refractivity contribution < 1.29 is 8.42 Å². The van der Waals surface area contributed by atoms with E-state index in [9.17, 15) is 8.42 Å². The highest BCUT2D eigenvalue weighted by atomic mass is 35.7. The summed E-state index contributed by atoms with van der Waals surface area (Å²) in [4.78, 5) is 3.84. The molecule has 5 heteroatoms. The smallest absolute Gasteiger partial charge is 0.236 e. The number of hydrogen-bond acceptors (Lipinski definition) is 3. The Labute approximate surface area is 81.5 Å². The molecule has 0 N–H and O–H groups in total. The minimum Gasteiger partial charge on any atom is -0.264 e. The van der Waals surface area contributed by atoms with Crippen LogP contribution in [0, 0.1) is 0 Å². The first kappa shape index (κ1) is 10.2. The number of rotatable bonds is 3.